The van der Waals surface area contributed by atoms with Crippen LogP contribution in [0.2, 0.25) is 0 Å². The molecule has 6 heteroatoms. The van der Waals surface area contributed by atoms with Crippen LogP contribution < -0.4 is 19.7 Å². The van der Waals surface area contributed by atoms with Crippen molar-refractivity contribution in [3.63, 3.8) is 0 Å². The van der Waals surface area contributed by atoms with E-state index in [9.17, 15) is 4.79 Å². The van der Waals surface area contributed by atoms with Crippen molar-refractivity contribution < 1.29 is 14.3 Å². The molecule has 1 aliphatic heterocycles. The Morgan fingerprint density at radius 2 is 1.90 bits per heavy atom. The maximum atomic E-state index is 12.7. The van der Waals surface area contributed by atoms with Crippen molar-refractivity contribution in [1.82, 2.24) is 5.32 Å². The fourth-order valence-electron chi connectivity index (χ4n) is 3.49. The Labute approximate surface area is 181 Å². The lowest BCUT2D eigenvalue weighted by Crippen LogP contribution is -2.29. The number of para-hydroxylation sites is 2. The van der Waals surface area contributed by atoms with Crippen LogP contribution in [0.1, 0.15) is 15.9 Å². The van der Waals surface area contributed by atoms with Crippen LogP contribution in [0.5, 0.6) is 11.5 Å². The first-order valence-corrected chi connectivity index (χ1v) is 11.0. The third kappa shape index (κ3) is 4.24. The quantitative estimate of drug-likeness (QED) is 0.576. The number of nitrogens with zero attached hydrogens (tertiary/aromatic N) is 1. The minimum absolute atomic E-state index is 0.121. The molecule has 0 radical (unpaired) electrons. The predicted octanol–water partition coefficient (Wildman–Crippen LogP) is 4.88. The molecule has 0 unspecified atom stereocenters. The highest BCUT2D eigenvalue weighted by atomic mass is 32.2. The van der Waals surface area contributed by atoms with Crippen molar-refractivity contribution in [2.24, 2.45) is 0 Å². The van der Waals surface area contributed by atoms with Gasteiger partial charge < -0.3 is 19.7 Å². The molecule has 0 atom stereocenters. The molecular formula is C24H24N2O3S. The Kier molecular flexibility index (Phi) is 6.14. The van der Waals surface area contributed by atoms with Gasteiger partial charge in [0.15, 0.2) is 0 Å². The van der Waals surface area contributed by atoms with Gasteiger partial charge >= 0.3 is 0 Å². The lowest BCUT2D eigenvalue weighted by Gasteiger charge is -2.32. The summed E-state index contributed by atoms with van der Waals surface area (Å²) in [6.07, 6.45) is 2.05. The lowest BCUT2D eigenvalue weighted by atomic mass is 10.1. The minimum atomic E-state index is -0.121. The maximum Gasteiger partial charge on any atom is 0.251 e. The van der Waals surface area contributed by atoms with Gasteiger partial charge in [0, 0.05) is 17.0 Å². The van der Waals surface area contributed by atoms with Crippen LogP contribution >= 0.6 is 11.8 Å². The van der Waals surface area contributed by atoms with Gasteiger partial charge in [-0.25, -0.2) is 0 Å². The zero-order valence-corrected chi connectivity index (χ0v) is 17.9. The van der Waals surface area contributed by atoms with Crippen molar-refractivity contribution in [1.29, 1.82) is 0 Å². The van der Waals surface area contributed by atoms with Gasteiger partial charge in [0.2, 0.25) is 0 Å². The zero-order valence-electron chi connectivity index (χ0n) is 17.1. The van der Waals surface area contributed by atoms with E-state index in [4.69, 9.17) is 9.47 Å². The molecular weight excluding hydrogens is 396 g/mol. The average molecular weight is 421 g/mol. The van der Waals surface area contributed by atoms with Gasteiger partial charge in [0.25, 0.3) is 5.91 Å². The highest BCUT2D eigenvalue weighted by molar-refractivity contribution is 7.98. The van der Waals surface area contributed by atoms with Crippen LogP contribution in [0.4, 0.5) is 11.4 Å². The molecule has 3 aromatic carbocycles. The Balaban J connectivity index is 1.51. The summed E-state index contributed by atoms with van der Waals surface area (Å²) in [5.41, 5.74) is 3.56. The number of methoxy groups -OCH3 is 1. The fourth-order valence-corrected chi connectivity index (χ4v) is 3.90. The van der Waals surface area contributed by atoms with Crippen LogP contribution in [0.3, 0.4) is 0 Å². The van der Waals surface area contributed by atoms with Crippen molar-refractivity contribution >= 4 is 29.0 Å². The third-order valence-electron chi connectivity index (χ3n) is 5.07. The first-order chi connectivity index (χ1) is 14.7. The molecule has 1 N–H and O–H groups in total. The number of rotatable bonds is 6. The molecule has 1 amide bonds. The zero-order chi connectivity index (χ0) is 20.9. The molecule has 1 heterocycles. The lowest BCUT2D eigenvalue weighted by molar-refractivity contribution is 0.0950. The highest BCUT2D eigenvalue weighted by Crippen LogP contribution is 2.40. The first-order valence-electron chi connectivity index (χ1n) is 9.78. The Bertz CT molecular complexity index is 1040. The average Bonchev–Trinajstić information content (AvgIpc) is 2.82. The number of hydrogen-bond acceptors (Lipinski definition) is 5. The largest absolute Gasteiger partial charge is 0.495 e. The molecule has 1 aliphatic rings. The molecule has 0 aliphatic carbocycles. The molecule has 0 saturated carbocycles. The standard InChI is InChI=1S/C24H24N2O3S/c1-28-22-6-4-3-5-20(22)26-13-14-29-23-15-18(9-12-21(23)26)24(27)25-16-17-7-10-19(30-2)11-8-17/h3-12,15H,13-14,16H2,1-2H3,(H,25,27). The summed E-state index contributed by atoms with van der Waals surface area (Å²) in [6.45, 7) is 1.74. The summed E-state index contributed by atoms with van der Waals surface area (Å²) in [7, 11) is 1.67. The van der Waals surface area contributed by atoms with Crippen LogP contribution in [0.15, 0.2) is 71.6 Å². The minimum Gasteiger partial charge on any atom is -0.495 e. The van der Waals surface area contributed by atoms with Crippen LogP contribution in [-0.2, 0) is 6.54 Å². The summed E-state index contributed by atoms with van der Waals surface area (Å²) >= 11 is 1.70. The van der Waals surface area contributed by atoms with Gasteiger partial charge in [0.1, 0.15) is 18.1 Å². The van der Waals surface area contributed by atoms with E-state index in [2.05, 4.69) is 22.3 Å². The van der Waals surface area contributed by atoms with E-state index in [0.717, 1.165) is 22.7 Å². The number of nitrogens with one attached hydrogen (secondary N) is 1. The SMILES string of the molecule is COc1ccccc1N1CCOc2cc(C(=O)NCc3ccc(SC)cc3)ccc21. The number of thioether (sulfide) groups is 1. The summed E-state index contributed by atoms with van der Waals surface area (Å²) < 4.78 is 11.4. The van der Waals surface area contributed by atoms with Crippen molar-refractivity contribution in [3.05, 3.63) is 77.9 Å². The molecule has 5 nitrogen and oxygen atoms in total. The normalized spacial score (nSPS) is 12.7. The molecule has 0 spiro atoms. The summed E-state index contributed by atoms with van der Waals surface area (Å²) in [4.78, 5) is 16.0. The molecule has 0 bridgehead atoms. The fraction of sp³-hybridized carbons (Fsp3) is 0.208. The molecule has 0 aromatic heterocycles. The number of benzene rings is 3. The second-order valence-corrected chi connectivity index (χ2v) is 7.76. The number of carbonyl (C=O) groups is 1. The van der Waals surface area contributed by atoms with E-state index < -0.39 is 0 Å². The van der Waals surface area contributed by atoms with Gasteiger partial charge in [-0.15, -0.1) is 11.8 Å². The Morgan fingerprint density at radius 1 is 1.10 bits per heavy atom. The number of hydrogen-bond donors (Lipinski definition) is 1. The van der Waals surface area contributed by atoms with E-state index in [0.29, 0.717) is 31.0 Å². The number of anilines is 2. The summed E-state index contributed by atoms with van der Waals surface area (Å²) in [6, 6.07) is 21.7. The van der Waals surface area contributed by atoms with Gasteiger partial charge in [-0.3, -0.25) is 4.79 Å². The highest BCUT2D eigenvalue weighted by Gasteiger charge is 2.23. The predicted molar refractivity (Wildman–Crippen MR) is 121 cm³/mol. The Hall–Kier alpha value is -3.12. The van der Waals surface area contributed by atoms with Crippen LogP contribution in [0, 0.1) is 0 Å². The van der Waals surface area contributed by atoms with E-state index in [1.807, 2.05) is 60.9 Å². The van der Waals surface area contributed by atoms with Gasteiger partial charge in [0.05, 0.1) is 25.0 Å². The van der Waals surface area contributed by atoms with E-state index >= 15 is 0 Å². The van der Waals surface area contributed by atoms with Crippen molar-refractivity contribution in [3.8, 4) is 11.5 Å². The van der Waals surface area contributed by atoms with Crippen molar-refractivity contribution in [2.45, 2.75) is 11.4 Å². The third-order valence-corrected chi connectivity index (χ3v) is 5.82. The monoisotopic (exact) mass is 420 g/mol. The molecule has 0 fully saturated rings. The number of carbonyl (C=O) groups excluding carboxylic acids is 1. The van der Waals surface area contributed by atoms with Gasteiger partial charge in [-0.2, -0.15) is 0 Å². The first kappa shape index (κ1) is 20.2. The van der Waals surface area contributed by atoms with E-state index in [-0.39, 0.29) is 5.91 Å². The molecule has 4 rings (SSSR count). The second kappa shape index (κ2) is 9.13. The van der Waals surface area contributed by atoms with Crippen molar-refractivity contribution in [2.75, 3.05) is 31.4 Å². The number of ether oxygens (including phenoxy) is 2. The topological polar surface area (TPSA) is 50.8 Å². The Morgan fingerprint density at radius 3 is 2.67 bits per heavy atom. The van der Waals surface area contributed by atoms with Crippen LogP contribution in [0.25, 0.3) is 0 Å². The van der Waals surface area contributed by atoms with E-state index in [1.54, 1.807) is 18.9 Å². The van der Waals surface area contributed by atoms with Gasteiger partial charge in [-0.1, -0.05) is 24.3 Å². The van der Waals surface area contributed by atoms with E-state index in [1.165, 1.54) is 4.90 Å². The summed E-state index contributed by atoms with van der Waals surface area (Å²) in [5, 5.41) is 2.99. The smallest absolute Gasteiger partial charge is 0.251 e. The van der Waals surface area contributed by atoms with Gasteiger partial charge in [-0.05, 0) is 54.3 Å². The number of fused-ring (bicyclic) bond motifs is 1. The molecule has 0 saturated heterocycles. The number of amides is 1. The molecule has 30 heavy (non-hydrogen) atoms. The molecule has 3 aromatic rings. The maximum absolute atomic E-state index is 12.7. The summed E-state index contributed by atoms with van der Waals surface area (Å²) in [5.74, 6) is 1.38. The molecule has 154 valence electrons. The second-order valence-electron chi connectivity index (χ2n) is 6.89. The van der Waals surface area contributed by atoms with Crippen LogP contribution in [-0.4, -0.2) is 32.4 Å².